The van der Waals surface area contributed by atoms with Gasteiger partial charge in [-0.1, -0.05) is 66.4 Å². The van der Waals surface area contributed by atoms with Gasteiger partial charge in [-0.25, -0.2) is 0 Å². The Bertz CT molecular complexity index is 909. The summed E-state index contributed by atoms with van der Waals surface area (Å²) in [5.74, 6) is 0.747. The zero-order valence-electron chi connectivity index (χ0n) is 22.6. The molecule has 1 unspecified atom stereocenters. The summed E-state index contributed by atoms with van der Waals surface area (Å²) in [6.07, 6.45) is 8.96. The lowest BCUT2D eigenvalue weighted by atomic mass is 9.45. The monoisotopic (exact) mass is 470 g/mol. The summed E-state index contributed by atoms with van der Waals surface area (Å²) < 4.78 is 5.67. The average Bonchev–Trinajstić information content (AvgIpc) is 2.73. The number of benzene rings is 1. The van der Waals surface area contributed by atoms with E-state index >= 15 is 0 Å². The third kappa shape index (κ3) is 5.16. The molecule has 4 rings (SSSR count). The Morgan fingerprint density at radius 2 is 1.68 bits per heavy atom. The van der Waals surface area contributed by atoms with Crippen LogP contribution in [0.25, 0.3) is 0 Å². The average molecular weight is 471 g/mol. The molecule has 3 aliphatic carbocycles. The van der Waals surface area contributed by atoms with E-state index in [1.54, 1.807) is 0 Å². The SMILES string of the molecule is CCCCCCC(C)(C)c1cc(O)c([C@H]2C=C(COC(=O)C(C)(C)C)[C@@H]3CC2C3(C)C)c(O)c1. The van der Waals surface area contributed by atoms with E-state index in [4.69, 9.17) is 4.74 Å². The number of carbonyl (C=O) groups excluding carboxylic acids is 1. The van der Waals surface area contributed by atoms with Crippen LogP contribution in [-0.2, 0) is 14.9 Å². The number of rotatable bonds is 9. The fraction of sp³-hybridized carbons (Fsp3) is 0.700. The van der Waals surface area contributed by atoms with Gasteiger partial charge in [0, 0.05) is 11.5 Å². The standard InChI is InChI=1S/C30H46O4/c1-9-10-11-12-13-29(5,6)20-15-24(31)26(25(32)16-20)21-14-19(18-34-27(33)28(2,3)4)22-17-23(21)30(22,7)8/h14-16,21-23,31-32H,9-13,17-18H2,1-8H3/t21-,22-,23?/m0/s1. The molecule has 1 saturated carbocycles. The van der Waals surface area contributed by atoms with E-state index in [-0.39, 0.29) is 40.8 Å². The number of hydrogen-bond acceptors (Lipinski definition) is 4. The predicted molar refractivity (Wildman–Crippen MR) is 138 cm³/mol. The first-order chi connectivity index (χ1) is 15.7. The van der Waals surface area contributed by atoms with Crippen molar-refractivity contribution in [3.05, 3.63) is 34.9 Å². The van der Waals surface area contributed by atoms with Crippen molar-refractivity contribution in [2.24, 2.45) is 22.7 Å². The van der Waals surface area contributed by atoms with Gasteiger partial charge in [-0.05, 0) is 79.5 Å². The van der Waals surface area contributed by atoms with Crippen LogP contribution in [0.5, 0.6) is 11.5 Å². The van der Waals surface area contributed by atoms with E-state index < -0.39 is 5.41 Å². The van der Waals surface area contributed by atoms with E-state index in [0.29, 0.717) is 17.4 Å². The van der Waals surface area contributed by atoms with Crippen LogP contribution in [0.15, 0.2) is 23.8 Å². The number of hydrogen-bond donors (Lipinski definition) is 2. The van der Waals surface area contributed by atoms with Gasteiger partial charge in [-0.2, -0.15) is 0 Å². The molecule has 34 heavy (non-hydrogen) atoms. The molecule has 0 amide bonds. The molecule has 1 aromatic rings. The fourth-order valence-electron chi connectivity index (χ4n) is 5.95. The third-order valence-electron chi connectivity index (χ3n) is 8.51. The van der Waals surface area contributed by atoms with Crippen molar-refractivity contribution in [3.8, 4) is 11.5 Å². The number of phenolic OH excluding ortho intramolecular Hbond substituents is 2. The smallest absolute Gasteiger partial charge is 0.311 e. The zero-order chi connectivity index (χ0) is 25.5. The molecule has 2 N–H and O–H groups in total. The molecule has 0 heterocycles. The molecule has 4 heteroatoms. The van der Waals surface area contributed by atoms with Crippen molar-refractivity contribution < 1.29 is 19.7 Å². The summed E-state index contributed by atoms with van der Waals surface area (Å²) in [5, 5.41) is 22.3. The normalized spacial score (nSPS) is 23.8. The van der Waals surface area contributed by atoms with Crippen LogP contribution in [0.4, 0.5) is 0 Å². The second-order valence-corrected chi connectivity index (χ2v) is 12.9. The Morgan fingerprint density at radius 1 is 1.06 bits per heavy atom. The number of phenols is 2. The van der Waals surface area contributed by atoms with Gasteiger partial charge in [0.2, 0.25) is 0 Å². The second-order valence-electron chi connectivity index (χ2n) is 12.9. The minimum Gasteiger partial charge on any atom is -0.507 e. The molecule has 0 aliphatic heterocycles. The van der Waals surface area contributed by atoms with E-state index in [1.165, 1.54) is 19.3 Å². The van der Waals surface area contributed by atoms with Crippen molar-refractivity contribution in [3.63, 3.8) is 0 Å². The summed E-state index contributed by atoms with van der Waals surface area (Å²) in [6.45, 7) is 16.9. The number of aromatic hydroxyl groups is 2. The first kappa shape index (κ1) is 26.6. The van der Waals surface area contributed by atoms with Crippen molar-refractivity contribution in [2.75, 3.05) is 6.61 Å². The molecule has 3 atom stereocenters. The van der Waals surface area contributed by atoms with Crippen molar-refractivity contribution in [2.45, 2.75) is 105 Å². The van der Waals surface area contributed by atoms with Crippen LogP contribution in [0.3, 0.4) is 0 Å². The van der Waals surface area contributed by atoms with Gasteiger partial charge >= 0.3 is 5.97 Å². The van der Waals surface area contributed by atoms with Gasteiger partial charge in [-0.15, -0.1) is 0 Å². The summed E-state index contributed by atoms with van der Waals surface area (Å²) >= 11 is 0. The Morgan fingerprint density at radius 3 is 2.21 bits per heavy atom. The summed E-state index contributed by atoms with van der Waals surface area (Å²) in [6, 6.07) is 3.72. The highest BCUT2D eigenvalue weighted by atomic mass is 16.5. The maximum absolute atomic E-state index is 12.4. The molecular weight excluding hydrogens is 424 g/mol. The summed E-state index contributed by atoms with van der Waals surface area (Å²) in [5.41, 5.74) is 2.07. The lowest BCUT2D eigenvalue weighted by molar-refractivity contribution is -0.152. The number of unbranched alkanes of at least 4 members (excludes halogenated alkanes) is 3. The molecule has 4 nitrogen and oxygen atoms in total. The van der Waals surface area contributed by atoms with Crippen LogP contribution >= 0.6 is 0 Å². The molecule has 0 aromatic heterocycles. The van der Waals surface area contributed by atoms with E-state index in [9.17, 15) is 15.0 Å². The maximum atomic E-state index is 12.4. The van der Waals surface area contributed by atoms with E-state index in [1.807, 2.05) is 32.9 Å². The second kappa shape index (κ2) is 9.59. The molecule has 0 saturated heterocycles. The van der Waals surface area contributed by atoms with E-state index in [2.05, 4.69) is 40.7 Å². The maximum Gasteiger partial charge on any atom is 0.311 e. The lowest BCUT2D eigenvalue weighted by Gasteiger charge is -2.59. The van der Waals surface area contributed by atoms with E-state index in [0.717, 1.165) is 30.4 Å². The number of carbonyl (C=O) groups is 1. The Hall–Kier alpha value is -1.97. The third-order valence-corrected chi connectivity index (χ3v) is 8.51. The molecule has 2 bridgehead atoms. The first-order valence-electron chi connectivity index (χ1n) is 13.1. The summed E-state index contributed by atoms with van der Waals surface area (Å²) in [4.78, 5) is 12.4. The summed E-state index contributed by atoms with van der Waals surface area (Å²) in [7, 11) is 0. The zero-order valence-corrected chi connectivity index (χ0v) is 22.6. The number of ether oxygens (including phenoxy) is 1. The first-order valence-corrected chi connectivity index (χ1v) is 13.1. The van der Waals surface area contributed by atoms with Gasteiger partial charge in [0.1, 0.15) is 18.1 Å². The quantitative estimate of drug-likeness (QED) is 0.221. The molecule has 0 spiro atoms. The fourth-order valence-corrected chi connectivity index (χ4v) is 5.95. The van der Waals surface area contributed by atoms with Crippen LogP contribution in [0.2, 0.25) is 0 Å². The minimum absolute atomic E-state index is 0.0268. The van der Waals surface area contributed by atoms with Crippen LogP contribution in [-0.4, -0.2) is 22.8 Å². The van der Waals surface area contributed by atoms with Crippen molar-refractivity contribution >= 4 is 5.97 Å². The largest absolute Gasteiger partial charge is 0.507 e. The minimum atomic E-state index is -0.540. The highest BCUT2D eigenvalue weighted by Gasteiger charge is 2.56. The number of fused-ring (bicyclic) bond motifs is 1. The van der Waals surface area contributed by atoms with Gasteiger partial charge in [-0.3, -0.25) is 4.79 Å². The lowest BCUT2D eigenvalue weighted by Crippen LogP contribution is -2.52. The Kier molecular flexibility index (Phi) is 7.51. The molecule has 1 fully saturated rings. The molecule has 0 radical (unpaired) electrons. The van der Waals surface area contributed by atoms with Gasteiger partial charge in [0.05, 0.1) is 5.41 Å². The Labute approximate surface area is 206 Å². The molecule has 190 valence electrons. The van der Waals surface area contributed by atoms with Crippen LogP contribution in [0, 0.1) is 22.7 Å². The number of allylic oxidation sites excluding steroid dienone is 1. The highest BCUT2D eigenvalue weighted by Crippen LogP contribution is 2.65. The topological polar surface area (TPSA) is 66.8 Å². The van der Waals surface area contributed by atoms with Crippen LogP contribution in [0.1, 0.15) is 111 Å². The van der Waals surface area contributed by atoms with Crippen molar-refractivity contribution in [1.29, 1.82) is 0 Å². The molecular formula is C30H46O4. The Balaban J connectivity index is 1.87. The van der Waals surface area contributed by atoms with Gasteiger partial charge in [0.25, 0.3) is 0 Å². The van der Waals surface area contributed by atoms with Gasteiger partial charge in [0.15, 0.2) is 0 Å². The highest BCUT2D eigenvalue weighted by molar-refractivity contribution is 5.75. The molecule has 1 aromatic carbocycles. The number of esters is 1. The van der Waals surface area contributed by atoms with Crippen LogP contribution < -0.4 is 0 Å². The van der Waals surface area contributed by atoms with Crippen molar-refractivity contribution in [1.82, 2.24) is 0 Å². The van der Waals surface area contributed by atoms with Gasteiger partial charge < -0.3 is 14.9 Å². The molecule has 3 aliphatic rings. The predicted octanol–water partition coefficient (Wildman–Crippen LogP) is 7.62.